The number of hydrogen-bond donors (Lipinski definition) is 1. The summed E-state index contributed by atoms with van der Waals surface area (Å²) >= 11 is 3.12. The molecule has 1 N–H and O–H groups in total. The van der Waals surface area contributed by atoms with E-state index in [4.69, 9.17) is 4.74 Å². The van der Waals surface area contributed by atoms with Crippen molar-refractivity contribution < 1.29 is 13.5 Å². The van der Waals surface area contributed by atoms with E-state index in [1.165, 1.54) is 12.1 Å². The van der Waals surface area contributed by atoms with Crippen LogP contribution in [0.15, 0.2) is 16.6 Å². The Labute approximate surface area is 127 Å². The lowest BCUT2D eigenvalue weighted by molar-refractivity contribution is 0.0526. The maximum Gasteiger partial charge on any atom is 0.132 e. The Bertz CT molecular complexity index is 426. The normalized spacial score (nSPS) is 18.2. The van der Waals surface area contributed by atoms with Crippen molar-refractivity contribution >= 4 is 15.9 Å². The van der Waals surface area contributed by atoms with Gasteiger partial charge in [0.2, 0.25) is 0 Å². The highest BCUT2D eigenvalue weighted by atomic mass is 79.9. The summed E-state index contributed by atoms with van der Waals surface area (Å²) in [4.78, 5) is 0. The van der Waals surface area contributed by atoms with E-state index >= 15 is 0 Å². The molecule has 0 amide bonds. The summed E-state index contributed by atoms with van der Waals surface area (Å²) in [5, 5.41) is 3.31. The van der Waals surface area contributed by atoms with Gasteiger partial charge < -0.3 is 10.1 Å². The van der Waals surface area contributed by atoms with E-state index in [9.17, 15) is 8.78 Å². The van der Waals surface area contributed by atoms with Gasteiger partial charge in [-0.05, 0) is 43.9 Å². The van der Waals surface area contributed by atoms with E-state index in [1.54, 1.807) is 0 Å². The highest BCUT2D eigenvalue weighted by Crippen LogP contribution is 2.34. The summed E-state index contributed by atoms with van der Waals surface area (Å²) in [6.07, 6.45) is 2.59. The van der Waals surface area contributed by atoms with Gasteiger partial charge in [-0.2, -0.15) is 0 Å². The van der Waals surface area contributed by atoms with Crippen LogP contribution in [-0.4, -0.2) is 19.8 Å². The van der Waals surface area contributed by atoms with E-state index in [2.05, 4.69) is 21.2 Å². The molecule has 1 saturated heterocycles. The second-order valence-electron chi connectivity index (χ2n) is 5.16. The van der Waals surface area contributed by atoms with Crippen LogP contribution in [0.3, 0.4) is 0 Å². The molecule has 2 nitrogen and oxygen atoms in total. The Morgan fingerprint density at radius 2 is 1.90 bits per heavy atom. The second-order valence-corrected chi connectivity index (χ2v) is 6.08. The van der Waals surface area contributed by atoms with Gasteiger partial charge in [-0.15, -0.1) is 0 Å². The highest BCUT2D eigenvalue weighted by molar-refractivity contribution is 9.10. The molecule has 1 aliphatic heterocycles. The molecule has 1 unspecified atom stereocenters. The SMILES string of the molecule is CCCNC(c1c(F)cc(Br)cc1F)C1CCOCC1. The summed E-state index contributed by atoms with van der Waals surface area (Å²) < 4.78 is 34.2. The first kappa shape index (κ1) is 15.9. The fourth-order valence-corrected chi connectivity index (χ4v) is 3.11. The molecule has 1 heterocycles. The lowest BCUT2D eigenvalue weighted by Gasteiger charge is -2.32. The number of ether oxygens (including phenoxy) is 1. The van der Waals surface area contributed by atoms with Crippen molar-refractivity contribution in [3.05, 3.63) is 33.8 Å². The average molecular weight is 348 g/mol. The van der Waals surface area contributed by atoms with E-state index in [0.29, 0.717) is 17.7 Å². The van der Waals surface area contributed by atoms with Crippen molar-refractivity contribution in [2.75, 3.05) is 19.8 Å². The summed E-state index contributed by atoms with van der Waals surface area (Å²) in [5.74, 6) is -0.769. The summed E-state index contributed by atoms with van der Waals surface area (Å²) in [5.41, 5.74) is 0.161. The predicted octanol–water partition coefficient (Wildman–Crippen LogP) is 4.19. The van der Waals surface area contributed by atoms with Gasteiger partial charge in [-0.3, -0.25) is 0 Å². The third-order valence-corrected chi connectivity index (χ3v) is 4.16. The smallest absolute Gasteiger partial charge is 0.132 e. The van der Waals surface area contributed by atoms with Crippen molar-refractivity contribution in [2.24, 2.45) is 5.92 Å². The second kappa shape index (κ2) is 7.48. The lowest BCUT2D eigenvalue weighted by Crippen LogP contribution is -2.34. The van der Waals surface area contributed by atoms with Crippen molar-refractivity contribution in [3.8, 4) is 0 Å². The number of benzene rings is 1. The van der Waals surface area contributed by atoms with Crippen molar-refractivity contribution in [3.63, 3.8) is 0 Å². The molecule has 112 valence electrons. The fraction of sp³-hybridized carbons (Fsp3) is 0.600. The summed E-state index contributed by atoms with van der Waals surface area (Å²) in [6, 6.07) is 2.38. The van der Waals surface area contributed by atoms with Crippen LogP contribution in [0, 0.1) is 17.6 Å². The van der Waals surface area contributed by atoms with Crippen LogP contribution in [0.25, 0.3) is 0 Å². The Morgan fingerprint density at radius 3 is 2.45 bits per heavy atom. The zero-order valence-electron chi connectivity index (χ0n) is 11.6. The van der Waals surface area contributed by atoms with Gasteiger partial charge in [-0.25, -0.2) is 8.78 Å². The molecule has 1 aliphatic rings. The third-order valence-electron chi connectivity index (χ3n) is 3.71. The minimum Gasteiger partial charge on any atom is -0.381 e. The molecule has 0 radical (unpaired) electrons. The highest BCUT2D eigenvalue weighted by Gasteiger charge is 2.29. The summed E-state index contributed by atoms with van der Waals surface area (Å²) in [7, 11) is 0. The predicted molar refractivity (Wildman–Crippen MR) is 78.6 cm³/mol. The van der Waals surface area contributed by atoms with E-state index < -0.39 is 11.6 Å². The molecule has 0 saturated carbocycles. The number of nitrogens with one attached hydrogen (secondary N) is 1. The van der Waals surface area contributed by atoms with Gasteiger partial charge in [0.15, 0.2) is 0 Å². The topological polar surface area (TPSA) is 21.3 Å². The first-order valence-corrected chi connectivity index (χ1v) is 7.88. The van der Waals surface area contributed by atoms with E-state index in [-0.39, 0.29) is 17.5 Å². The van der Waals surface area contributed by atoms with E-state index in [0.717, 1.165) is 25.8 Å². The molecule has 1 aromatic rings. The van der Waals surface area contributed by atoms with Gasteiger partial charge >= 0.3 is 0 Å². The monoisotopic (exact) mass is 347 g/mol. The molecular formula is C15H20BrF2NO. The zero-order valence-corrected chi connectivity index (χ0v) is 13.2. The van der Waals surface area contributed by atoms with Gasteiger partial charge in [-0.1, -0.05) is 22.9 Å². The van der Waals surface area contributed by atoms with Crippen LogP contribution in [-0.2, 0) is 4.74 Å². The maximum atomic E-state index is 14.2. The van der Waals surface area contributed by atoms with Gasteiger partial charge in [0, 0.05) is 29.3 Å². The summed E-state index contributed by atoms with van der Waals surface area (Å²) in [6.45, 7) is 4.11. The van der Waals surface area contributed by atoms with Gasteiger partial charge in [0.1, 0.15) is 11.6 Å². The van der Waals surface area contributed by atoms with Crippen molar-refractivity contribution in [1.82, 2.24) is 5.32 Å². The molecule has 0 aromatic heterocycles. The Balaban J connectivity index is 2.29. The fourth-order valence-electron chi connectivity index (χ4n) is 2.70. The molecule has 0 aliphatic carbocycles. The average Bonchev–Trinajstić information content (AvgIpc) is 2.42. The van der Waals surface area contributed by atoms with Crippen LogP contribution in [0.4, 0.5) is 8.78 Å². The molecule has 5 heteroatoms. The quantitative estimate of drug-likeness (QED) is 0.861. The zero-order chi connectivity index (χ0) is 14.5. The largest absolute Gasteiger partial charge is 0.381 e. The minimum atomic E-state index is -0.489. The molecule has 20 heavy (non-hydrogen) atoms. The molecule has 0 bridgehead atoms. The number of hydrogen-bond acceptors (Lipinski definition) is 2. The third kappa shape index (κ3) is 3.77. The van der Waals surface area contributed by atoms with Gasteiger partial charge in [0.25, 0.3) is 0 Å². The first-order chi connectivity index (χ1) is 9.63. The Hall–Kier alpha value is -0.520. The lowest BCUT2D eigenvalue weighted by atomic mass is 9.86. The molecule has 1 atom stereocenters. The first-order valence-electron chi connectivity index (χ1n) is 7.09. The number of rotatable bonds is 5. The van der Waals surface area contributed by atoms with Crippen LogP contribution in [0.2, 0.25) is 0 Å². The van der Waals surface area contributed by atoms with Crippen molar-refractivity contribution in [2.45, 2.75) is 32.2 Å². The molecule has 0 spiro atoms. The Morgan fingerprint density at radius 1 is 1.30 bits per heavy atom. The maximum absolute atomic E-state index is 14.2. The molecule has 2 rings (SSSR count). The standard InChI is InChI=1S/C15H20BrF2NO/c1-2-5-19-15(10-3-6-20-7-4-10)14-12(17)8-11(16)9-13(14)18/h8-10,15,19H,2-7H2,1H3. The minimum absolute atomic E-state index is 0.161. The van der Waals surface area contributed by atoms with Crippen LogP contribution < -0.4 is 5.32 Å². The van der Waals surface area contributed by atoms with E-state index in [1.807, 2.05) is 6.92 Å². The molecular weight excluding hydrogens is 328 g/mol. The van der Waals surface area contributed by atoms with Crippen LogP contribution in [0.5, 0.6) is 0 Å². The van der Waals surface area contributed by atoms with Crippen LogP contribution >= 0.6 is 15.9 Å². The van der Waals surface area contributed by atoms with Gasteiger partial charge in [0.05, 0.1) is 0 Å². The van der Waals surface area contributed by atoms with Crippen molar-refractivity contribution in [1.29, 1.82) is 0 Å². The Kier molecular flexibility index (Phi) is 5.93. The van der Waals surface area contributed by atoms with Crippen LogP contribution in [0.1, 0.15) is 37.8 Å². The molecule has 1 fully saturated rings. The molecule has 1 aromatic carbocycles. The number of halogens is 3.